The van der Waals surface area contributed by atoms with E-state index in [1.54, 1.807) is 27.5 Å². The van der Waals surface area contributed by atoms with E-state index in [1.807, 2.05) is 56.0 Å². The largest absolute Gasteiger partial charge is 0.468 e. The van der Waals surface area contributed by atoms with Crippen molar-refractivity contribution in [3.63, 3.8) is 0 Å². The molecule has 3 aliphatic rings. The Morgan fingerprint density at radius 2 is 1.63 bits per heavy atom. The first kappa shape index (κ1) is 51.3. The van der Waals surface area contributed by atoms with Crippen LogP contribution in [0.3, 0.4) is 0 Å². The molecule has 13 nitrogen and oxygen atoms in total. The third-order valence-electron chi connectivity index (χ3n) is 14.4. The van der Waals surface area contributed by atoms with Crippen LogP contribution in [0, 0.1) is 17.3 Å². The zero-order valence-corrected chi connectivity index (χ0v) is 43.6. The minimum absolute atomic E-state index is 0.0182. The van der Waals surface area contributed by atoms with E-state index in [0.717, 1.165) is 74.4 Å². The molecule has 2 aromatic carbocycles. The van der Waals surface area contributed by atoms with Crippen LogP contribution in [0.4, 0.5) is 15.0 Å². The zero-order valence-electron chi connectivity index (χ0n) is 42.6. The van der Waals surface area contributed by atoms with Crippen LogP contribution in [0.1, 0.15) is 113 Å². The van der Waals surface area contributed by atoms with Crippen molar-refractivity contribution in [2.75, 3.05) is 65.8 Å². The van der Waals surface area contributed by atoms with Crippen LogP contribution >= 0.6 is 0 Å². The number of nitrogens with zero attached hydrogens (tertiary/aromatic N) is 6. The Bertz CT molecular complexity index is 2410. The lowest BCUT2D eigenvalue weighted by molar-refractivity contribution is -0.107. The lowest BCUT2D eigenvalue weighted by atomic mass is 9.96. The van der Waals surface area contributed by atoms with E-state index in [1.165, 1.54) is 0 Å². The lowest BCUT2D eigenvalue weighted by Crippen LogP contribution is -2.57. The molecule has 5 heterocycles. The second kappa shape index (κ2) is 22.0. The quantitative estimate of drug-likeness (QED) is 0.0408. The minimum Gasteiger partial charge on any atom is -0.468 e. The number of anilines is 1. The van der Waals surface area contributed by atoms with Gasteiger partial charge in [0.2, 0.25) is 0 Å². The fourth-order valence-corrected chi connectivity index (χ4v) is 16.4. The molecule has 2 aromatic heterocycles. The van der Waals surface area contributed by atoms with Crippen molar-refractivity contribution in [1.82, 2.24) is 24.8 Å². The second-order valence-corrected chi connectivity index (χ2v) is 26.4. The zero-order chi connectivity index (χ0) is 48.9. The van der Waals surface area contributed by atoms with Crippen LogP contribution in [-0.2, 0) is 18.9 Å². The van der Waals surface area contributed by atoms with E-state index in [4.69, 9.17) is 43.4 Å². The van der Waals surface area contributed by atoms with Crippen LogP contribution in [0.2, 0.25) is 16.6 Å². The average molecular weight is 955 g/mol. The van der Waals surface area contributed by atoms with Gasteiger partial charge in [0, 0.05) is 63.2 Å². The number of halogens is 1. The number of aromatic nitrogens is 3. The number of amides is 1. The summed E-state index contributed by atoms with van der Waals surface area (Å²) in [7, 11) is 2.78. The number of fused-ring (bicyclic) bond motifs is 4. The summed E-state index contributed by atoms with van der Waals surface area (Å²) in [5, 5.41) is 2.10. The van der Waals surface area contributed by atoms with E-state index in [-0.39, 0.29) is 54.5 Å². The number of carbonyl (C=O) groups is 1. The van der Waals surface area contributed by atoms with Gasteiger partial charge in [-0.05, 0) is 119 Å². The number of unbranched alkanes of at least 4 members (excludes halogenated alkanes) is 1. The summed E-state index contributed by atoms with van der Waals surface area (Å²) >= 11 is 0. The first-order valence-corrected chi connectivity index (χ1v) is 27.0. The monoisotopic (exact) mass is 955 g/mol. The SMILES string of the molecule is COCOc1cc(-c2ncc3c(N4CC5CCC(C4)N5C(=O)OC(C)(C)C)nc(OC[C@@H]4CCCN4CCCCC(OC)OC)nc3c2F)c2c(C#C[Si](C(C)C)(C(C)C)C(C)C)cccc2c1. The molecule has 370 valence electrons. The third kappa shape index (κ3) is 11.0. The number of hydrogen-bond acceptors (Lipinski definition) is 12. The standard InChI is InChI=1S/C53H75FN6O7Si/c1-34(2)68(35(3)4,36(5)6)26-23-37-17-15-18-38-27-42(66-33-62-10)28-43(46(37)38)48-47(54)49-44(29-55-48)50(59-30-39-21-22-40(31-59)60(39)52(61)67-53(7,8)9)57-51(56-49)65-32-41-19-16-25-58(41)24-14-13-20-45(63-11)64-12/h15,17-18,27-29,34-36,39-41,45H,13-14,16,19-22,24-25,30-33H2,1-12H3/t39?,40?,41-/m0/s1. The number of piperazine rings is 1. The molecule has 0 radical (unpaired) electrons. The highest BCUT2D eigenvalue weighted by atomic mass is 28.3. The van der Waals surface area contributed by atoms with Crippen LogP contribution in [0.5, 0.6) is 11.8 Å². The highest BCUT2D eigenvalue weighted by Crippen LogP contribution is 2.43. The number of benzene rings is 2. The van der Waals surface area contributed by atoms with Gasteiger partial charge in [-0.2, -0.15) is 9.97 Å². The molecule has 3 aliphatic heterocycles. The molecule has 0 spiro atoms. The fraction of sp³-hybridized carbons (Fsp3) is 0.623. The molecule has 0 N–H and O–H groups in total. The van der Waals surface area contributed by atoms with Gasteiger partial charge in [-0.3, -0.25) is 14.8 Å². The number of pyridine rings is 1. The van der Waals surface area contributed by atoms with Gasteiger partial charge in [0.25, 0.3) is 0 Å². The van der Waals surface area contributed by atoms with Gasteiger partial charge in [0.15, 0.2) is 18.9 Å². The van der Waals surface area contributed by atoms with Gasteiger partial charge in [-0.15, -0.1) is 5.54 Å². The second-order valence-electron chi connectivity index (χ2n) is 20.8. The number of methoxy groups -OCH3 is 3. The van der Waals surface area contributed by atoms with Gasteiger partial charge in [0.1, 0.15) is 43.1 Å². The molecule has 7 rings (SSSR count). The summed E-state index contributed by atoms with van der Waals surface area (Å²) in [5.41, 5.74) is 6.16. The topological polar surface area (TPSA) is 121 Å². The number of likely N-dealkylation sites (tertiary alicyclic amines) is 1. The van der Waals surface area contributed by atoms with Crippen LogP contribution in [0.25, 0.3) is 32.9 Å². The van der Waals surface area contributed by atoms with Crippen molar-refractivity contribution in [2.45, 2.75) is 154 Å². The molecule has 3 saturated heterocycles. The van der Waals surface area contributed by atoms with Crippen molar-refractivity contribution < 1.29 is 37.6 Å². The maximum absolute atomic E-state index is 18.0. The van der Waals surface area contributed by atoms with Crippen molar-refractivity contribution >= 4 is 41.7 Å². The Kier molecular flexibility index (Phi) is 16.6. The summed E-state index contributed by atoms with van der Waals surface area (Å²) in [5.74, 6) is 4.12. The van der Waals surface area contributed by atoms with Gasteiger partial charge in [-0.1, -0.05) is 59.6 Å². The van der Waals surface area contributed by atoms with Gasteiger partial charge >= 0.3 is 12.1 Å². The highest BCUT2D eigenvalue weighted by molar-refractivity contribution is 6.90. The fourth-order valence-electron chi connectivity index (χ4n) is 11.2. The molecule has 15 heteroatoms. The lowest BCUT2D eigenvalue weighted by Gasteiger charge is -2.42. The summed E-state index contributed by atoms with van der Waals surface area (Å²) in [4.78, 5) is 34.9. The Balaban J connectivity index is 1.31. The smallest absolute Gasteiger partial charge is 0.410 e. The van der Waals surface area contributed by atoms with E-state index >= 15 is 4.39 Å². The molecular weight excluding hydrogens is 880 g/mol. The number of rotatable bonds is 18. The first-order valence-electron chi connectivity index (χ1n) is 24.8. The molecule has 2 unspecified atom stereocenters. The average Bonchev–Trinajstić information content (AvgIpc) is 3.86. The van der Waals surface area contributed by atoms with Crippen molar-refractivity contribution in [3.8, 4) is 34.5 Å². The van der Waals surface area contributed by atoms with Gasteiger partial charge in [-0.25, -0.2) is 9.18 Å². The molecule has 3 atom stereocenters. The molecular formula is C53H75FN6O7Si. The summed E-state index contributed by atoms with van der Waals surface area (Å²) in [6.07, 6.45) is 7.68. The molecule has 0 saturated carbocycles. The number of hydrogen-bond donors (Lipinski definition) is 0. The van der Waals surface area contributed by atoms with E-state index in [0.29, 0.717) is 58.8 Å². The normalized spacial score (nSPS) is 19.0. The molecule has 3 fully saturated rings. The van der Waals surface area contributed by atoms with Gasteiger partial charge in [0.05, 0.1) is 17.5 Å². The Hall–Kier alpha value is -4.59. The Morgan fingerprint density at radius 3 is 2.28 bits per heavy atom. The summed E-state index contributed by atoms with van der Waals surface area (Å²) in [6, 6.07) is 9.85. The molecule has 0 aliphatic carbocycles. The minimum atomic E-state index is -2.13. The highest BCUT2D eigenvalue weighted by Gasteiger charge is 2.45. The van der Waals surface area contributed by atoms with Crippen LogP contribution < -0.4 is 14.4 Å². The summed E-state index contributed by atoms with van der Waals surface area (Å²) < 4.78 is 52.5. The number of ether oxygens (including phenoxy) is 6. The van der Waals surface area contributed by atoms with Crippen molar-refractivity contribution in [3.05, 3.63) is 47.9 Å². The maximum Gasteiger partial charge on any atom is 0.410 e. The van der Waals surface area contributed by atoms with Crippen molar-refractivity contribution in [2.24, 2.45) is 0 Å². The molecule has 4 aromatic rings. The molecule has 1 amide bonds. The van der Waals surface area contributed by atoms with E-state index in [2.05, 4.69) is 62.8 Å². The maximum atomic E-state index is 18.0. The van der Waals surface area contributed by atoms with Crippen LogP contribution in [-0.4, -0.2) is 130 Å². The predicted molar refractivity (Wildman–Crippen MR) is 270 cm³/mol. The van der Waals surface area contributed by atoms with Crippen molar-refractivity contribution in [1.29, 1.82) is 0 Å². The number of carbonyl (C=O) groups excluding carboxylic acids is 1. The van der Waals surface area contributed by atoms with Gasteiger partial charge < -0.3 is 33.3 Å². The molecule has 68 heavy (non-hydrogen) atoms. The Labute approximate surface area is 404 Å². The van der Waals surface area contributed by atoms with E-state index in [9.17, 15) is 4.79 Å². The van der Waals surface area contributed by atoms with Crippen LogP contribution in [0.15, 0.2) is 36.5 Å². The summed E-state index contributed by atoms with van der Waals surface area (Å²) in [6.45, 7) is 22.7. The van der Waals surface area contributed by atoms with E-state index < -0.39 is 19.5 Å². The molecule has 2 bridgehead atoms. The third-order valence-corrected chi connectivity index (χ3v) is 20.7. The Morgan fingerprint density at radius 1 is 0.926 bits per heavy atom. The predicted octanol–water partition coefficient (Wildman–Crippen LogP) is 10.8. The first-order chi connectivity index (χ1) is 32.5.